The van der Waals surface area contributed by atoms with Gasteiger partial charge >= 0.3 is 0 Å². The highest BCUT2D eigenvalue weighted by molar-refractivity contribution is 5.87. The largest absolute Gasteiger partial charge is 0.326 e. The molecule has 0 saturated heterocycles. The number of aromatic nitrogens is 2. The third-order valence-corrected chi connectivity index (χ3v) is 11.9. The molecule has 0 unspecified atom stereocenters. The van der Waals surface area contributed by atoms with Crippen molar-refractivity contribution < 1.29 is 0 Å². The summed E-state index contributed by atoms with van der Waals surface area (Å²) < 4.78 is 0. The van der Waals surface area contributed by atoms with E-state index in [2.05, 4.69) is 163 Å². The molecule has 53 heavy (non-hydrogen) atoms. The van der Waals surface area contributed by atoms with Gasteiger partial charge in [0, 0.05) is 42.4 Å². The Kier molecular flexibility index (Phi) is 7.54. The fourth-order valence-electron chi connectivity index (χ4n) is 9.39. The highest BCUT2D eigenvalue weighted by atomic mass is 15.2. The average molecular weight is 687 g/mol. The molecule has 4 nitrogen and oxygen atoms in total. The van der Waals surface area contributed by atoms with Crippen LogP contribution in [-0.4, -0.2) is 23.1 Å². The predicted molar refractivity (Wildman–Crippen MR) is 218 cm³/mol. The molecule has 1 aliphatic carbocycles. The van der Waals surface area contributed by atoms with Crippen molar-refractivity contribution in [2.24, 2.45) is 0 Å². The van der Waals surface area contributed by atoms with Crippen molar-refractivity contribution in [3.63, 3.8) is 0 Å². The van der Waals surface area contributed by atoms with Gasteiger partial charge in [-0.1, -0.05) is 103 Å². The van der Waals surface area contributed by atoms with E-state index in [9.17, 15) is 0 Å². The molecule has 0 amide bonds. The van der Waals surface area contributed by atoms with Crippen molar-refractivity contribution in [1.29, 1.82) is 0 Å². The van der Waals surface area contributed by atoms with Crippen LogP contribution in [-0.2, 0) is 18.3 Å². The lowest BCUT2D eigenvalue weighted by molar-refractivity contribution is 0.732. The van der Waals surface area contributed by atoms with Crippen LogP contribution < -0.4 is 9.80 Å². The van der Waals surface area contributed by atoms with Gasteiger partial charge in [-0.15, -0.1) is 0 Å². The maximum absolute atomic E-state index is 5.12. The minimum atomic E-state index is -0.510. The van der Waals surface area contributed by atoms with E-state index in [1.807, 2.05) is 6.20 Å². The van der Waals surface area contributed by atoms with Crippen LogP contribution in [0.5, 0.6) is 0 Å². The van der Waals surface area contributed by atoms with Crippen LogP contribution in [0.2, 0.25) is 0 Å². The lowest BCUT2D eigenvalue weighted by atomic mass is 9.67. The standard InChI is InChI=1S/C49H42N4/c1-33-24-25-50-47(28-33)52-26-10-14-36-20-22-38(30-45(36)52)49(43-18-8-6-16-40(43)41-17-7-9-19-44(41)49)39-23-21-37-15-11-27-53(46(37)31-39)48-29-34(2)42(32-51-48)35-12-4-3-5-13-35/h3-9,12-13,16-25,28-32H,10-11,14-15,26-27H2,1-2H3. The SMILES string of the molecule is Cc1ccnc(N2CCCc3ccc(C4(c5ccc6c(c5)N(c5cc(C)c(-c7ccccc7)cn5)CCC6)c5ccccc5-c5ccccc54)cc32)c1. The number of pyridine rings is 2. The summed E-state index contributed by atoms with van der Waals surface area (Å²) >= 11 is 0. The molecule has 0 atom stereocenters. The summed E-state index contributed by atoms with van der Waals surface area (Å²) in [6.07, 6.45) is 8.34. The molecule has 2 aliphatic heterocycles. The van der Waals surface area contributed by atoms with Gasteiger partial charge in [-0.25, -0.2) is 9.97 Å². The Labute approximate surface area is 312 Å². The first kappa shape index (κ1) is 31.7. The molecule has 2 aromatic heterocycles. The zero-order valence-electron chi connectivity index (χ0n) is 30.4. The first-order valence-electron chi connectivity index (χ1n) is 19.1. The van der Waals surface area contributed by atoms with Crippen molar-refractivity contribution in [2.45, 2.75) is 44.9 Å². The van der Waals surface area contributed by atoms with Crippen LogP contribution in [0.15, 0.2) is 146 Å². The molecule has 258 valence electrons. The van der Waals surface area contributed by atoms with Gasteiger partial charge in [-0.2, -0.15) is 0 Å². The molecule has 5 aromatic carbocycles. The third-order valence-electron chi connectivity index (χ3n) is 11.9. The van der Waals surface area contributed by atoms with Crippen molar-refractivity contribution >= 4 is 23.0 Å². The van der Waals surface area contributed by atoms with E-state index < -0.39 is 5.41 Å². The Bertz CT molecular complexity index is 2470. The smallest absolute Gasteiger partial charge is 0.133 e. The van der Waals surface area contributed by atoms with Crippen molar-refractivity contribution in [2.75, 3.05) is 22.9 Å². The number of nitrogens with zero attached hydrogens (tertiary/aromatic N) is 4. The van der Waals surface area contributed by atoms with E-state index in [-0.39, 0.29) is 0 Å². The van der Waals surface area contributed by atoms with Gasteiger partial charge in [-0.3, -0.25) is 0 Å². The Morgan fingerprint density at radius 1 is 0.528 bits per heavy atom. The summed E-state index contributed by atoms with van der Waals surface area (Å²) in [5.41, 5.74) is 17.5. The number of aryl methyl sites for hydroxylation is 4. The minimum absolute atomic E-state index is 0.510. The van der Waals surface area contributed by atoms with Crippen molar-refractivity contribution in [3.05, 3.63) is 190 Å². The molecule has 10 rings (SSSR count). The molecule has 7 aromatic rings. The second-order valence-corrected chi connectivity index (χ2v) is 15.0. The fraction of sp³-hybridized carbons (Fsp3) is 0.184. The summed E-state index contributed by atoms with van der Waals surface area (Å²) in [6, 6.07) is 49.9. The number of benzene rings is 5. The van der Waals surface area contributed by atoms with E-state index in [0.29, 0.717) is 0 Å². The molecule has 0 fully saturated rings. The monoisotopic (exact) mass is 686 g/mol. The van der Waals surface area contributed by atoms with Crippen LogP contribution in [0.4, 0.5) is 23.0 Å². The van der Waals surface area contributed by atoms with Gasteiger partial charge in [0.15, 0.2) is 0 Å². The normalized spacial score (nSPS) is 15.4. The van der Waals surface area contributed by atoms with Crippen LogP contribution in [0.1, 0.15) is 57.3 Å². The maximum atomic E-state index is 5.12. The van der Waals surface area contributed by atoms with E-state index in [1.165, 1.54) is 78.1 Å². The summed E-state index contributed by atoms with van der Waals surface area (Å²) in [7, 11) is 0. The number of hydrogen-bond acceptors (Lipinski definition) is 4. The highest BCUT2D eigenvalue weighted by Gasteiger charge is 2.47. The van der Waals surface area contributed by atoms with Gasteiger partial charge < -0.3 is 9.80 Å². The first-order valence-corrected chi connectivity index (χ1v) is 19.1. The zero-order chi connectivity index (χ0) is 35.5. The van der Waals surface area contributed by atoms with Crippen molar-refractivity contribution in [1.82, 2.24) is 9.97 Å². The van der Waals surface area contributed by atoms with E-state index in [0.717, 1.165) is 50.4 Å². The van der Waals surface area contributed by atoms with E-state index in [1.54, 1.807) is 0 Å². The van der Waals surface area contributed by atoms with E-state index in [4.69, 9.17) is 9.97 Å². The Hall–Kier alpha value is -6.00. The molecule has 0 radical (unpaired) electrons. The van der Waals surface area contributed by atoms with Gasteiger partial charge in [0.1, 0.15) is 11.6 Å². The molecule has 0 N–H and O–H groups in total. The van der Waals surface area contributed by atoms with Gasteiger partial charge in [0.2, 0.25) is 0 Å². The van der Waals surface area contributed by atoms with Crippen molar-refractivity contribution in [3.8, 4) is 22.3 Å². The van der Waals surface area contributed by atoms with E-state index >= 15 is 0 Å². The number of fused-ring (bicyclic) bond motifs is 5. The molecule has 4 heteroatoms. The van der Waals surface area contributed by atoms with Crippen LogP contribution in [0, 0.1) is 13.8 Å². The lowest BCUT2D eigenvalue weighted by Crippen LogP contribution is -2.32. The van der Waals surface area contributed by atoms with Crippen LogP contribution in [0.3, 0.4) is 0 Å². The molecule has 0 spiro atoms. The lowest BCUT2D eigenvalue weighted by Gasteiger charge is -2.38. The van der Waals surface area contributed by atoms with Crippen LogP contribution in [0.25, 0.3) is 22.3 Å². The molecule has 0 saturated carbocycles. The van der Waals surface area contributed by atoms with Gasteiger partial charge in [0.05, 0.1) is 5.41 Å². The number of anilines is 4. The summed E-state index contributed by atoms with van der Waals surface area (Å²) in [6.45, 7) is 6.25. The van der Waals surface area contributed by atoms with Gasteiger partial charge in [-0.05, 0) is 131 Å². The third kappa shape index (κ3) is 5.03. The topological polar surface area (TPSA) is 32.3 Å². The molecule has 0 bridgehead atoms. The highest BCUT2D eigenvalue weighted by Crippen LogP contribution is 2.57. The molecular weight excluding hydrogens is 645 g/mol. The van der Waals surface area contributed by atoms with Crippen LogP contribution >= 0.6 is 0 Å². The quantitative estimate of drug-likeness (QED) is 0.180. The first-order chi connectivity index (χ1) is 26.1. The maximum Gasteiger partial charge on any atom is 0.133 e. The van der Waals surface area contributed by atoms with Gasteiger partial charge in [0.25, 0.3) is 0 Å². The number of rotatable bonds is 5. The molecular formula is C49H42N4. The summed E-state index contributed by atoms with van der Waals surface area (Å²) in [5, 5.41) is 0. The Morgan fingerprint density at radius 3 is 1.68 bits per heavy atom. The summed E-state index contributed by atoms with van der Waals surface area (Å²) in [5.74, 6) is 2.03. The Balaban J connectivity index is 1.18. The number of hydrogen-bond donors (Lipinski definition) is 0. The Morgan fingerprint density at radius 2 is 1.09 bits per heavy atom. The molecule has 3 aliphatic rings. The summed E-state index contributed by atoms with van der Waals surface area (Å²) in [4.78, 5) is 14.9. The second-order valence-electron chi connectivity index (χ2n) is 15.0. The predicted octanol–water partition coefficient (Wildman–Crippen LogP) is 11.3. The fourth-order valence-corrected chi connectivity index (χ4v) is 9.39. The molecule has 4 heterocycles. The zero-order valence-corrected chi connectivity index (χ0v) is 30.4. The average Bonchev–Trinajstić information content (AvgIpc) is 3.51. The second kappa shape index (κ2) is 12.6. The minimum Gasteiger partial charge on any atom is -0.326 e.